The highest BCUT2D eigenvalue weighted by molar-refractivity contribution is 5.75. The number of hydrogen-bond donors (Lipinski definition) is 0. The standard InChI is InChI=1S/C23H39NO/c1-3-4-5-6-7-8-9-10-11-12-13-17-20-23(25)24(2)21-22-18-15-14-16-19-22/h14-16,18-19H,3-13,17,20-21H2,1-2H3. The van der Waals surface area contributed by atoms with Crippen LogP contribution in [0.5, 0.6) is 0 Å². The molecule has 0 aliphatic rings. The Kier molecular flexibility index (Phi) is 13.0. The molecule has 0 aliphatic heterocycles. The number of carbonyl (C=O) groups is 1. The number of hydrogen-bond acceptors (Lipinski definition) is 1. The molecule has 1 rings (SSSR count). The van der Waals surface area contributed by atoms with Crippen LogP contribution in [0, 0.1) is 0 Å². The van der Waals surface area contributed by atoms with Gasteiger partial charge >= 0.3 is 0 Å². The molecular formula is C23H39NO. The van der Waals surface area contributed by atoms with Crippen molar-refractivity contribution in [3.63, 3.8) is 0 Å². The quantitative estimate of drug-likeness (QED) is 0.322. The second kappa shape index (κ2) is 15.0. The maximum absolute atomic E-state index is 12.2. The second-order valence-corrected chi connectivity index (χ2v) is 7.37. The van der Waals surface area contributed by atoms with E-state index in [2.05, 4.69) is 19.1 Å². The predicted octanol–water partition coefficient (Wildman–Crippen LogP) is 6.74. The van der Waals surface area contributed by atoms with Crippen molar-refractivity contribution < 1.29 is 4.79 Å². The molecule has 0 aliphatic carbocycles. The summed E-state index contributed by atoms with van der Waals surface area (Å²) in [4.78, 5) is 14.0. The minimum absolute atomic E-state index is 0.274. The molecule has 1 amide bonds. The first-order valence-corrected chi connectivity index (χ1v) is 10.5. The Morgan fingerprint density at radius 1 is 0.760 bits per heavy atom. The van der Waals surface area contributed by atoms with Gasteiger partial charge in [-0.25, -0.2) is 0 Å². The molecule has 1 aromatic carbocycles. The predicted molar refractivity (Wildman–Crippen MR) is 109 cm³/mol. The third-order valence-electron chi connectivity index (χ3n) is 4.93. The van der Waals surface area contributed by atoms with Gasteiger partial charge in [0, 0.05) is 20.0 Å². The van der Waals surface area contributed by atoms with E-state index in [1.165, 1.54) is 76.2 Å². The van der Waals surface area contributed by atoms with Crippen molar-refractivity contribution in [2.75, 3.05) is 7.05 Å². The summed E-state index contributed by atoms with van der Waals surface area (Å²) < 4.78 is 0. The van der Waals surface area contributed by atoms with Crippen molar-refractivity contribution in [1.29, 1.82) is 0 Å². The lowest BCUT2D eigenvalue weighted by molar-refractivity contribution is -0.130. The molecule has 0 radical (unpaired) electrons. The highest BCUT2D eigenvalue weighted by atomic mass is 16.2. The fraction of sp³-hybridized carbons (Fsp3) is 0.696. The largest absolute Gasteiger partial charge is 0.341 e. The van der Waals surface area contributed by atoms with Gasteiger partial charge in [0.25, 0.3) is 0 Å². The molecule has 0 aromatic heterocycles. The van der Waals surface area contributed by atoms with E-state index >= 15 is 0 Å². The summed E-state index contributed by atoms with van der Waals surface area (Å²) in [6.07, 6.45) is 16.7. The highest BCUT2D eigenvalue weighted by Crippen LogP contribution is 2.13. The molecule has 25 heavy (non-hydrogen) atoms. The molecule has 0 unspecified atom stereocenters. The van der Waals surface area contributed by atoms with Gasteiger partial charge in [0.05, 0.1) is 0 Å². The first kappa shape index (κ1) is 21.7. The van der Waals surface area contributed by atoms with Gasteiger partial charge in [0.2, 0.25) is 5.91 Å². The van der Waals surface area contributed by atoms with Crippen LogP contribution in [0.2, 0.25) is 0 Å². The summed E-state index contributed by atoms with van der Waals surface area (Å²) in [5.74, 6) is 0.274. The van der Waals surface area contributed by atoms with Crippen LogP contribution in [0.4, 0.5) is 0 Å². The molecule has 0 fully saturated rings. The Bertz CT molecular complexity index is 429. The summed E-state index contributed by atoms with van der Waals surface area (Å²) in [5.41, 5.74) is 1.20. The molecule has 0 atom stereocenters. The highest BCUT2D eigenvalue weighted by Gasteiger charge is 2.08. The Labute approximate surface area is 156 Å². The van der Waals surface area contributed by atoms with Crippen LogP contribution < -0.4 is 0 Å². The molecule has 142 valence electrons. The zero-order valence-corrected chi connectivity index (χ0v) is 16.6. The van der Waals surface area contributed by atoms with Gasteiger partial charge in [-0.05, 0) is 12.0 Å². The maximum Gasteiger partial charge on any atom is 0.222 e. The van der Waals surface area contributed by atoms with E-state index in [0.717, 1.165) is 13.0 Å². The molecule has 2 nitrogen and oxygen atoms in total. The van der Waals surface area contributed by atoms with Gasteiger partial charge in [-0.1, -0.05) is 108 Å². The molecule has 0 saturated carbocycles. The van der Waals surface area contributed by atoms with Crippen LogP contribution in [-0.2, 0) is 11.3 Å². The summed E-state index contributed by atoms with van der Waals surface area (Å²) in [6.45, 7) is 2.99. The van der Waals surface area contributed by atoms with E-state index in [1.54, 1.807) is 0 Å². The van der Waals surface area contributed by atoms with Gasteiger partial charge < -0.3 is 4.90 Å². The van der Waals surface area contributed by atoms with Crippen LogP contribution >= 0.6 is 0 Å². The Morgan fingerprint density at radius 3 is 1.76 bits per heavy atom. The maximum atomic E-state index is 12.2. The lowest BCUT2D eigenvalue weighted by Gasteiger charge is -2.17. The molecule has 2 heteroatoms. The fourth-order valence-corrected chi connectivity index (χ4v) is 3.25. The molecule has 0 N–H and O–H groups in total. The monoisotopic (exact) mass is 345 g/mol. The molecule has 1 aromatic rings. The van der Waals surface area contributed by atoms with Gasteiger partial charge in [0.15, 0.2) is 0 Å². The van der Waals surface area contributed by atoms with Crippen LogP contribution in [0.1, 0.15) is 96.0 Å². The first-order chi connectivity index (χ1) is 12.2. The fourth-order valence-electron chi connectivity index (χ4n) is 3.25. The van der Waals surface area contributed by atoms with E-state index < -0.39 is 0 Å². The second-order valence-electron chi connectivity index (χ2n) is 7.37. The van der Waals surface area contributed by atoms with Crippen molar-refractivity contribution in [3.05, 3.63) is 35.9 Å². The van der Waals surface area contributed by atoms with Crippen LogP contribution in [0.15, 0.2) is 30.3 Å². The minimum atomic E-state index is 0.274. The first-order valence-electron chi connectivity index (χ1n) is 10.5. The third-order valence-corrected chi connectivity index (χ3v) is 4.93. The van der Waals surface area contributed by atoms with Crippen LogP contribution in [-0.4, -0.2) is 17.9 Å². The van der Waals surface area contributed by atoms with Gasteiger partial charge in [-0.3, -0.25) is 4.79 Å². The molecule has 0 heterocycles. The average molecular weight is 346 g/mol. The summed E-state index contributed by atoms with van der Waals surface area (Å²) in [5, 5.41) is 0. The van der Waals surface area contributed by atoms with Crippen LogP contribution in [0.25, 0.3) is 0 Å². The number of rotatable bonds is 15. The number of unbranched alkanes of at least 4 members (excludes halogenated alkanes) is 11. The molecule has 0 spiro atoms. The molecule has 0 saturated heterocycles. The molecule has 0 bridgehead atoms. The lowest BCUT2D eigenvalue weighted by Crippen LogP contribution is -2.25. The SMILES string of the molecule is CCCCCCCCCCCCCCC(=O)N(C)Cc1ccccc1. The number of carbonyl (C=O) groups excluding carboxylic acids is 1. The van der Waals surface area contributed by atoms with E-state index in [9.17, 15) is 4.79 Å². The summed E-state index contributed by atoms with van der Waals surface area (Å²) in [6, 6.07) is 10.2. The Morgan fingerprint density at radius 2 is 1.24 bits per heavy atom. The minimum Gasteiger partial charge on any atom is -0.341 e. The smallest absolute Gasteiger partial charge is 0.222 e. The van der Waals surface area contributed by atoms with Gasteiger partial charge in [-0.2, -0.15) is 0 Å². The third kappa shape index (κ3) is 11.8. The number of benzene rings is 1. The van der Waals surface area contributed by atoms with Crippen molar-refractivity contribution >= 4 is 5.91 Å². The Balaban J connectivity index is 1.91. The van der Waals surface area contributed by atoms with Crippen molar-refractivity contribution in [3.8, 4) is 0 Å². The van der Waals surface area contributed by atoms with E-state index in [-0.39, 0.29) is 5.91 Å². The van der Waals surface area contributed by atoms with E-state index in [4.69, 9.17) is 0 Å². The average Bonchev–Trinajstić information content (AvgIpc) is 2.63. The van der Waals surface area contributed by atoms with E-state index in [0.29, 0.717) is 6.42 Å². The van der Waals surface area contributed by atoms with Crippen LogP contribution in [0.3, 0.4) is 0 Å². The topological polar surface area (TPSA) is 20.3 Å². The van der Waals surface area contributed by atoms with Gasteiger partial charge in [0.1, 0.15) is 0 Å². The number of nitrogens with zero attached hydrogens (tertiary/aromatic N) is 1. The lowest BCUT2D eigenvalue weighted by atomic mass is 10.0. The number of amides is 1. The van der Waals surface area contributed by atoms with Crippen molar-refractivity contribution in [2.24, 2.45) is 0 Å². The summed E-state index contributed by atoms with van der Waals surface area (Å²) >= 11 is 0. The molecular weight excluding hydrogens is 306 g/mol. The van der Waals surface area contributed by atoms with Crippen molar-refractivity contribution in [1.82, 2.24) is 4.90 Å². The Hall–Kier alpha value is -1.31. The normalized spacial score (nSPS) is 10.8. The van der Waals surface area contributed by atoms with Crippen molar-refractivity contribution in [2.45, 2.75) is 96.9 Å². The van der Waals surface area contributed by atoms with E-state index in [1.807, 2.05) is 30.1 Å². The zero-order chi connectivity index (χ0) is 18.2. The summed E-state index contributed by atoms with van der Waals surface area (Å²) in [7, 11) is 1.91. The zero-order valence-electron chi connectivity index (χ0n) is 16.6. The van der Waals surface area contributed by atoms with Gasteiger partial charge in [-0.15, -0.1) is 0 Å².